The smallest absolute Gasteiger partial charge is 0.490 e. The highest BCUT2D eigenvalue weighted by Crippen LogP contribution is 2.28. The van der Waals surface area contributed by atoms with Gasteiger partial charge in [0.1, 0.15) is 23.9 Å². The van der Waals surface area contributed by atoms with Crippen LogP contribution in [0.4, 0.5) is 13.2 Å². The van der Waals surface area contributed by atoms with E-state index in [0.29, 0.717) is 43.3 Å². The maximum Gasteiger partial charge on any atom is 0.573 e. The maximum atomic E-state index is 13.1. The predicted octanol–water partition coefficient (Wildman–Crippen LogP) is 4.58. The first-order chi connectivity index (χ1) is 15.4. The van der Waals surface area contributed by atoms with Crippen molar-refractivity contribution in [1.82, 2.24) is 15.2 Å². The monoisotopic (exact) mass is 519 g/mol. The summed E-state index contributed by atoms with van der Waals surface area (Å²) in [4.78, 5) is 18.8. The summed E-state index contributed by atoms with van der Waals surface area (Å²) >= 11 is 0. The Bertz CT molecular complexity index is 1050. The number of nitrogens with one attached hydrogen (secondary N) is 1. The number of amides is 1. The van der Waals surface area contributed by atoms with Gasteiger partial charge in [-0.2, -0.15) is 0 Å². The van der Waals surface area contributed by atoms with Gasteiger partial charge < -0.3 is 24.1 Å². The van der Waals surface area contributed by atoms with Crippen molar-refractivity contribution in [2.24, 2.45) is 0 Å². The predicted molar refractivity (Wildman–Crippen MR) is 123 cm³/mol. The summed E-state index contributed by atoms with van der Waals surface area (Å²) in [6.07, 6.45) is -1.51. The number of carbonyl (C=O) groups excluding carboxylic acids is 1. The lowest BCUT2D eigenvalue weighted by atomic mass is 10.1. The molecule has 0 bridgehead atoms. The van der Waals surface area contributed by atoms with E-state index < -0.39 is 6.36 Å². The van der Waals surface area contributed by atoms with E-state index in [2.05, 4.69) is 15.0 Å². The molecule has 2 aromatic heterocycles. The van der Waals surface area contributed by atoms with Crippen LogP contribution in [0.15, 0.2) is 65.3 Å². The molecule has 34 heavy (non-hydrogen) atoms. The van der Waals surface area contributed by atoms with Crippen molar-refractivity contribution < 1.29 is 31.9 Å². The van der Waals surface area contributed by atoms with Crippen LogP contribution in [-0.4, -0.2) is 54.4 Å². The molecule has 0 saturated carbocycles. The quantitative estimate of drug-likeness (QED) is 0.513. The zero-order valence-electron chi connectivity index (χ0n) is 17.7. The zero-order chi connectivity index (χ0) is 22.6. The first-order valence-corrected chi connectivity index (χ1v) is 9.89. The van der Waals surface area contributed by atoms with Crippen LogP contribution in [0.25, 0.3) is 11.3 Å². The molecule has 1 fully saturated rings. The van der Waals surface area contributed by atoms with Gasteiger partial charge in [-0.15, -0.1) is 38.0 Å². The lowest BCUT2D eigenvalue weighted by Gasteiger charge is -2.35. The standard InChI is InChI=1S/C22H20F3N3O4.2ClH/c23-22(24,25)32-17-5-3-15(4-6-17)19-7-8-20(31-19)21(29)28-11-10-27-12-16(28)14-30-18-2-1-9-26-13-18;;/h1-9,13,16,27H,10-12,14H2;2*1H. The average molecular weight is 520 g/mol. The molecule has 12 heteroatoms. The fourth-order valence-electron chi connectivity index (χ4n) is 3.37. The summed E-state index contributed by atoms with van der Waals surface area (Å²) < 4.78 is 52.3. The second-order valence-corrected chi connectivity index (χ2v) is 7.09. The van der Waals surface area contributed by atoms with Crippen molar-refractivity contribution in [1.29, 1.82) is 0 Å². The Hall–Kier alpha value is -2.95. The number of piperazine rings is 1. The van der Waals surface area contributed by atoms with E-state index in [4.69, 9.17) is 9.15 Å². The van der Waals surface area contributed by atoms with Crippen molar-refractivity contribution in [3.63, 3.8) is 0 Å². The highest BCUT2D eigenvalue weighted by atomic mass is 35.5. The van der Waals surface area contributed by atoms with Crippen LogP contribution in [-0.2, 0) is 0 Å². The number of aromatic nitrogens is 1. The van der Waals surface area contributed by atoms with Gasteiger partial charge in [0.15, 0.2) is 5.76 Å². The minimum atomic E-state index is -4.76. The van der Waals surface area contributed by atoms with Crippen molar-refractivity contribution >= 4 is 30.7 Å². The first kappa shape index (κ1) is 27.3. The van der Waals surface area contributed by atoms with Crippen LogP contribution >= 0.6 is 24.8 Å². The first-order valence-electron chi connectivity index (χ1n) is 9.89. The number of carbonyl (C=O) groups is 1. The number of ether oxygens (including phenoxy) is 2. The number of furan rings is 1. The summed E-state index contributed by atoms with van der Waals surface area (Å²) in [7, 11) is 0. The summed E-state index contributed by atoms with van der Waals surface area (Å²) in [6, 6.07) is 11.8. The van der Waals surface area contributed by atoms with Gasteiger partial charge in [0, 0.05) is 31.4 Å². The topological polar surface area (TPSA) is 76.8 Å². The minimum absolute atomic E-state index is 0. The molecule has 184 valence electrons. The molecule has 1 amide bonds. The van der Waals surface area contributed by atoms with Gasteiger partial charge in [0.2, 0.25) is 0 Å². The number of benzene rings is 1. The fourth-order valence-corrected chi connectivity index (χ4v) is 3.37. The number of hydrogen-bond donors (Lipinski definition) is 1. The molecule has 1 atom stereocenters. The number of nitrogens with zero attached hydrogens (tertiary/aromatic N) is 2. The van der Waals surface area contributed by atoms with Crippen LogP contribution in [0.2, 0.25) is 0 Å². The average Bonchev–Trinajstić information content (AvgIpc) is 3.28. The van der Waals surface area contributed by atoms with Gasteiger partial charge in [-0.05, 0) is 48.5 Å². The minimum Gasteiger partial charge on any atom is -0.490 e. The summed E-state index contributed by atoms with van der Waals surface area (Å²) in [5.41, 5.74) is 0.523. The second-order valence-electron chi connectivity index (χ2n) is 7.09. The van der Waals surface area contributed by atoms with Crippen LogP contribution in [0, 0.1) is 0 Å². The van der Waals surface area contributed by atoms with Gasteiger partial charge >= 0.3 is 6.36 Å². The Balaban J connectivity index is 0.00000204. The molecule has 1 saturated heterocycles. The summed E-state index contributed by atoms with van der Waals surface area (Å²) in [6.45, 7) is 1.99. The molecule has 1 aliphatic rings. The molecule has 0 spiro atoms. The molecular formula is C22H22Cl2F3N3O4. The largest absolute Gasteiger partial charge is 0.573 e. The number of hydrogen-bond acceptors (Lipinski definition) is 6. The molecule has 7 nitrogen and oxygen atoms in total. The second kappa shape index (κ2) is 12.0. The van der Waals surface area contributed by atoms with Gasteiger partial charge in [0.25, 0.3) is 5.91 Å². The zero-order valence-corrected chi connectivity index (χ0v) is 19.3. The third-order valence-electron chi connectivity index (χ3n) is 4.88. The van der Waals surface area contributed by atoms with Crippen LogP contribution in [0.5, 0.6) is 11.5 Å². The molecular weight excluding hydrogens is 498 g/mol. The van der Waals surface area contributed by atoms with Gasteiger partial charge in [-0.3, -0.25) is 9.78 Å². The van der Waals surface area contributed by atoms with Crippen molar-refractivity contribution in [3.8, 4) is 22.8 Å². The van der Waals surface area contributed by atoms with E-state index in [9.17, 15) is 18.0 Å². The van der Waals surface area contributed by atoms with E-state index in [1.54, 1.807) is 41.6 Å². The third-order valence-corrected chi connectivity index (χ3v) is 4.88. The molecule has 1 aromatic carbocycles. The van der Waals surface area contributed by atoms with Gasteiger partial charge in [-0.1, -0.05) is 0 Å². The van der Waals surface area contributed by atoms with E-state index >= 15 is 0 Å². The summed E-state index contributed by atoms with van der Waals surface area (Å²) in [5, 5.41) is 3.25. The molecule has 3 aromatic rings. The molecule has 1 unspecified atom stereocenters. The SMILES string of the molecule is Cl.Cl.O=C(c1ccc(-c2ccc(OC(F)(F)F)cc2)o1)N1CCNCC1COc1cccnc1. The van der Waals surface area contributed by atoms with Crippen LogP contribution in [0.3, 0.4) is 0 Å². The lowest BCUT2D eigenvalue weighted by Crippen LogP contribution is -2.55. The van der Waals surface area contributed by atoms with E-state index in [0.717, 1.165) is 0 Å². The fraction of sp³-hybridized carbons (Fsp3) is 0.273. The van der Waals surface area contributed by atoms with Crippen LogP contribution < -0.4 is 14.8 Å². The molecule has 1 N–H and O–H groups in total. The Morgan fingerprint density at radius 2 is 1.88 bits per heavy atom. The molecule has 0 radical (unpaired) electrons. The number of rotatable bonds is 6. The van der Waals surface area contributed by atoms with Crippen molar-refractivity contribution in [2.45, 2.75) is 12.4 Å². The Kier molecular flexibility index (Phi) is 9.60. The molecule has 4 rings (SSSR count). The Labute approximate surface area is 206 Å². The highest BCUT2D eigenvalue weighted by molar-refractivity contribution is 5.92. The van der Waals surface area contributed by atoms with Crippen LogP contribution in [0.1, 0.15) is 10.6 Å². The van der Waals surface area contributed by atoms with E-state index in [-0.39, 0.29) is 48.3 Å². The van der Waals surface area contributed by atoms with Gasteiger partial charge in [0.05, 0.1) is 12.2 Å². The lowest BCUT2D eigenvalue weighted by molar-refractivity contribution is -0.274. The maximum absolute atomic E-state index is 13.1. The molecule has 1 aliphatic heterocycles. The Morgan fingerprint density at radius 3 is 2.56 bits per heavy atom. The number of alkyl halides is 3. The number of halogens is 5. The van der Waals surface area contributed by atoms with E-state index in [1.807, 2.05) is 0 Å². The molecule has 3 heterocycles. The number of pyridine rings is 1. The highest BCUT2D eigenvalue weighted by Gasteiger charge is 2.31. The molecule has 0 aliphatic carbocycles. The Morgan fingerprint density at radius 1 is 1.12 bits per heavy atom. The third kappa shape index (κ3) is 7.02. The van der Waals surface area contributed by atoms with Crippen molar-refractivity contribution in [3.05, 3.63) is 66.7 Å². The normalized spacial score (nSPS) is 15.6. The van der Waals surface area contributed by atoms with E-state index in [1.165, 1.54) is 24.3 Å². The summed E-state index contributed by atoms with van der Waals surface area (Å²) in [5.74, 6) is 0.508. The van der Waals surface area contributed by atoms with Crippen molar-refractivity contribution in [2.75, 3.05) is 26.2 Å². The van der Waals surface area contributed by atoms with Gasteiger partial charge in [-0.25, -0.2) is 0 Å².